The number of aliphatic hydroxyl groups is 2. The van der Waals surface area contributed by atoms with Gasteiger partial charge in [-0.05, 0) is 48.7 Å². The number of para-hydroxylation sites is 2. The van der Waals surface area contributed by atoms with E-state index >= 15 is 0 Å². The van der Waals surface area contributed by atoms with Gasteiger partial charge in [-0.3, -0.25) is 5.32 Å². The van der Waals surface area contributed by atoms with Crippen molar-refractivity contribution in [2.45, 2.75) is 49.9 Å². The van der Waals surface area contributed by atoms with Crippen LogP contribution in [0.1, 0.15) is 31.2 Å². The van der Waals surface area contributed by atoms with E-state index in [9.17, 15) is 15.0 Å². The Hall–Kier alpha value is -2.56. The molecule has 0 aromatic heterocycles. The number of halogens is 1. The minimum atomic E-state index is -0.686. The van der Waals surface area contributed by atoms with Crippen molar-refractivity contribution in [1.29, 1.82) is 0 Å². The van der Waals surface area contributed by atoms with Gasteiger partial charge in [-0.1, -0.05) is 23.7 Å². The van der Waals surface area contributed by atoms with Crippen LogP contribution in [-0.4, -0.2) is 83.4 Å². The number of carbonyl (C=O) groups excluding carboxylic acids is 1. The number of fused-ring (bicyclic) bond motifs is 1. The van der Waals surface area contributed by atoms with Crippen LogP contribution in [0.25, 0.3) is 0 Å². The Morgan fingerprint density at radius 1 is 1.16 bits per heavy atom. The lowest BCUT2D eigenvalue weighted by molar-refractivity contribution is -0.122. The molecular weight excluding hydrogens is 498 g/mol. The van der Waals surface area contributed by atoms with Crippen molar-refractivity contribution >= 4 is 23.4 Å². The lowest BCUT2D eigenvalue weighted by Crippen LogP contribution is -2.49. The highest BCUT2D eigenvalue weighted by Crippen LogP contribution is 2.42. The number of anilines is 1. The van der Waals surface area contributed by atoms with Gasteiger partial charge in [0.15, 0.2) is 0 Å². The highest BCUT2D eigenvalue weighted by atomic mass is 35.5. The van der Waals surface area contributed by atoms with Crippen molar-refractivity contribution in [3.8, 4) is 11.5 Å². The topological polar surface area (TPSA) is 104 Å². The number of amides is 1. The van der Waals surface area contributed by atoms with E-state index < -0.39 is 12.2 Å². The van der Waals surface area contributed by atoms with Crippen LogP contribution in [-0.2, 0) is 11.3 Å². The summed E-state index contributed by atoms with van der Waals surface area (Å²) in [7, 11) is 0. The Bertz CT molecular complexity index is 1090. The molecule has 200 valence electrons. The van der Waals surface area contributed by atoms with Crippen LogP contribution >= 0.6 is 11.6 Å². The number of hydrogen-bond donors (Lipinski definition) is 3. The molecule has 0 saturated carbocycles. The van der Waals surface area contributed by atoms with Crippen LogP contribution in [0, 0.1) is 0 Å². The second kappa shape index (κ2) is 11.4. The van der Waals surface area contributed by atoms with Crippen molar-refractivity contribution in [3.05, 3.63) is 53.1 Å². The molecule has 0 bridgehead atoms. The van der Waals surface area contributed by atoms with E-state index in [4.69, 9.17) is 25.9 Å². The first-order chi connectivity index (χ1) is 17.9. The summed E-state index contributed by atoms with van der Waals surface area (Å²) in [5.41, 5.74) is 1.45. The first-order valence-corrected chi connectivity index (χ1v) is 13.3. The number of benzene rings is 2. The summed E-state index contributed by atoms with van der Waals surface area (Å²) in [6, 6.07) is 12.9. The lowest BCUT2D eigenvalue weighted by atomic mass is 9.87. The molecule has 3 heterocycles. The highest BCUT2D eigenvalue weighted by Gasteiger charge is 2.42. The summed E-state index contributed by atoms with van der Waals surface area (Å²) in [5.74, 6) is 1.39. The predicted molar refractivity (Wildman–Crippen MR) is 139 cm³/mol. The first-order valence-electron chi connectivity index (χ1n) is 12.9. The van der Waals surface area contributed by atoms with E-state index in [0.717, 1.165) is 43.1 Å². The number of piperidine rings is 2. The molecule has 1 amide bonds. The number of ether oxygens (including phenoxy) is 2. The fourth-order valence-electron chi connectivity index (χ4n) is 5.24. The second-order valence-electron chi connectivity index (χ2n) is 10.1. The molecule has 37 heavy (non-hydrogen) atoms. The zero-order valence-electron chi connectivity index (χ0n) is 20.8. The summed E-state index contributed by atoms with van der Waals surface area (Å²) < 4.78 is 12.2. The minimum Gasteiger partial charge on any atom is -0.489 e. The Labute approximate surface area is 221 Å². The van der Waals surface area contributed by atoms with Crippen LogP contribution in [0.15, 0.2) is 42.5 Å². The fraction of sp³-hybridized carbons (Fsp3) is 0.519. The van der Waals surface area contributed by atoms with Gasteiger partial charge in [0.1, 0.15) is 29.8 Å². The normalized spacial score (nSPS) is 20.7. The molecule has 2 fully saturated rings. The maximum Gasteiger partial charge on any atom is 0.430 e. The molecule has 2 saturated heterocycles. The Kier molecular flexibility index (Phi) is 8.07. The van der Waals surface area contributed by atoms with Gasteiger partial charge in [0, 0.05) is 57.0 Å². The molecular formula is C27H34ClN3O6. The van der Waals surface area contributed by atoms with E-state index in [1.54, 1.807) is 29.3 Å². The molecule has 0 aliphatic carbocycles. The fourth-order valence-corrected chi connectivity index (χ4v) is 5.43. The summed E-state index contributed by atoms with van der Waals surface area (Å²) >= 11 is 6.14. The Morgan fingerprint density at radius 3 is 2.70 bits per heavy atom. The van der Waals surface area contributed by atoms with Crippen LogP contribution in [0.2, 0.25) is 5.02 Å². The van der Waals surface area contributed by atoms with Crippen LogP contribution < -0.4 is 14.8 Å². The second-order valence-corrected chi connectivity index (χ2v) is 10.6. The average Bonchev–Trinajstić information content (AvgIpc) is 3.23. The number of aliphatic hydroxyl groups excluding tert-OH is 2. The summed E-state index contributed by atoms with van der Waals surface area (Å²) in [6.45, 7) is 3.23. The number of nitrogens with one attached hydrogen (secondary N) is 1. The molecule has 3 N–H and O–H groups in total. The maximum absolute atomic E-state index is 12.3. The van der Waals surface area contributed by atoms with Crippen molar-refractivity contribution < 1.29 is 29.3 Å². The summed E-state index contributed by atoms with van der Waals surface area (Å²) in [5, 5.41) is 25.2. The number of hydroxylamine groups is 2. The third-order valence-corrected chi connectivity index (χ3v) is 7.52. The van der Waals surface area contributed by atoms with Gasteiger partial charge in [0.25, 0.3) is 0 Å². The third-order valence-electron chi connectivity index (χ3n) is 7.29. The van der Waals surface area contributed by atoms with Crippen molar-refractivity contribution in [2.24, 2.45) is 0 Å². The molecule has 3 aliphatic rings. The van der Waals surface area contributed by atoms with Crippen molar-refractivity contribution in [1.82, 2.24) is 9.96 Å². The van der Waals surface area contributed by atoms with Gasteiger partial charge in [-0.2, -0.15) is 0 Å². The van der Waals surface area contributed by atoms with Crippen molar-refractivity contribution in [2.75, 3.05) is 44.6 Å². The zero-order chi connectivity index (χ0) is 25.8. The van der Waals surface area contributed by atoms with Gasteiger partial charge in [-0.15, -0.1) is 5.06 Å². The molecule has 10 heteroatoms. The van der Waals surface area contributed by atoms with Crippen LogP contribution in [0.4, 0.5) is 10.5 Å². The highest BCUT2D eigenvalue weighted by molar-refractivity contribution is 6.30. The van der Waals surface area contributed by atoms with E-state index in [-0.39, 0.29) is 18.3 Å². The first kappa shape index (κ1) is 26.1. The average molecular weight is 532 g/mol. The number of carbonyl (C=O) groups is 1. The molecule has 5 rings (SSSR count). The molecule has 2 aromatic carbocycles. The van der Waals surface area contributed by atoms with Gasteiger partial charge in [0.05, 0.1) is 11.8 Å². The Morgan fingerprint density at radius 2 is 1.92 bits per heavy atom. The van der Waals surface area contributed by atoms with E-state index in [1.807, 2.05) is 18.2 Å². The zero-order valence-corrected chi connectivity index (χ0v) is 21.5. The molecule has 0 unspecified atom stereocenters. The maximum atomic E-state index is 12.3. The molecule has 3 aliphatic heterocycles. The third kappa shape index (κ3) is 6.66. The minimum absolute atomic E-state index is 0.0971. The number of β-amino-alcohol motifs (C(OH)–C–C–N with tert-alkyl or cyclic N) is 1. The number of rotatable bonds is 7. The Balaban J connectivity index is 1.06. The lowest BCUT2D eigenvalue weighted by Gasteiger charge is -2.39. The molecule has 0 radical (unpaired) electrons. The van der Waals surface area contributed by atoms with Gasteiger partial charge < -0.3 is 29.4 Å². The molecule has 2 aromatic rings. The predicted octanol–water partition coefficient (Wildman–Crippen LogP) is 3.47. The smallest absolute Gasteiger partial charge is 0.430 e. The van der Waals surface area contributed by atoms with Gasteiger partial charge >= 0.3 is 6.09 Å². The number of hydrogen-bond acceptors (Lipinski definition) is 8. The largest absolute Gasteiger partial charge is 0.489 e. The SMILES string of the molecule is O=C(Nc1ccccc1OC[C@@H](O)CN1CCC2(CC1)Cc1cc(Cl)ccc1O2)ON1CCC(O)CC1. The summed E-state index contributed by atoms with van der Waals surface area (Å²) in [6.07, 6.45) is 2.13. The van der Waals surface area contributed by atoms with Crippen LogP contribution in [0.5, 0.6) is 11.5 Å². The number of likely N-dealkylation sites (tertiary alicyclic amines) is 1. The molecule has 1 spiro atoms. The van der Waals surface area contributed by atoms with Crippen molar-refractivity contribution in [3.63, 3.8) is 0 Å². The number of nitrogens with zero attached hydrogens (tertiary/aromatic N) is 2. The standard InChI is InChI=1S/C27H34ClN3O6/c28-20-5-6-24-19(15-20)16-27(36-24)9-13-30(14-10-27)17-22(33)18-35-25-4-2-1-3-23(25)29-26(34)37-31-11-7-21(32)8-12-31/h1-6,15,21-22,32-33H,7-14,16-18H2,(H,29,34)/t22-/m0/s1. The van der Waals surface area contributed by atoms with E-state index in [1.165, 1.54) is 5.56 Å². The van der Waals surface area contributed by atoms with Gasteiger partial charge in [-0.25, -0.2) is 4.79 Å². The van der Waals surface area contributed by atoms with Gasteiger partial charge in [0.2, 0.25) is 0 Å². The monoisotopic (exact) mass is 531 g/mol. The summed E-state index contributed by atoms with van der Waals surface area (Å²) in [4.78, 5) is 19.9. The molecule has 1 atom stereocenters. The van der Waals surface area contributed by atoms with Crippen LogP contribution in [0.3, 0.4) is 0 Å². The van der Waals surface area contributed by atoms with E-state index in [0.29, 0.717) is 43.9 Å². The van der Waals surface area contributed by atoms with E-state index in [2.05, 4.69) is 10.2 Å². The molecule has 9 nitrogen and oxygen atoms in total. The quantitative estimate of drug-likeness (QED) is 0.499.